The summed E-state index contributed by atoms with van der Waals surface area (Å²) in [5.41, 5.74) is 2.24. The lowest BCUT2D eigenvalue weighted by molar-refractivity contribution is 0.105. The Bertz CT molecular complexity index is 759. The highest BCUT2D eigenvalue weighted by Crippen LogP contribution is 2.16. The minimum absolute atomic E-state index is 0.246. The lowest BCUT2D eigenvalue weighted by Crippen LogP contribution is -2.34. The molecular weight excluding hydrogens is 434 g/mol. The number of rotatable bonds is 9. The van der Waals surface area contributed by atoms with Gasteiger partial charge < -0.3 is 14.4 Å². The van der Waals surface area contributed by atoms with E-state index in [0.29, 0.717) is 19.7 Å². The number of carbonyl (C=O) groups excluding carboxylic acids is 1. The van der Waals surface area contributed by atoms with Gasteiger partial charge in [0.2, 0.25) is 0 Å². The number of halogens is 1. The number of hydrogen-bond acceptors (Lipinski definition) is 3. The minimum Gasteiger partial charge on any atom is -0.497 e. The molecule has 0 radical (unpaired) electrons. The highest BCUT2D eigenvalue weighted by atomic mass is 79.9. The lowest BCUT2D eigenvalue weighted by atomic mass is 10.1. The second kappa shape index (κ2) is 10.7. The van der Waals surface area contributed by atoms with Crippen molar-refractivity contribution in [2.45, 2.75) is 38.7 Å². The summed E-state index contributed by atoms with van der Waals surface area (Å²) in [7, 11) is 0.412. The van der Waals surface area contributed by atoms with Crippen LogP contribution in [0.2, 0.25) is 25.7 Å². The van der Waals surface area contributed by atoms with Crippen LogP contribution >= 0.6 is 15.9 Å². The van der Waals surface area contributed by atoms with E-state index in [2.05, 4.69) is 47.7 Å². The summed E-state index contributed by atoms with van der Waals surface area (Å²) in [6, 6.07) is 17.0. The van der Waals surface area contributed by atoms with Crippen molar-refractivity contribution < 1.29 is 14.3 Å². The molecule has 0 aromatic heterocycles. The van der Waals surface area contributed by atoms with Crippen molar-refractivity contribution in [3.8, 4) is 5.75 Å². The summed E-state index contributed by atoms with van der Waals surface area (Å²) in [4.78, 5) is 14.5. The molecule has 0 fully saturated rings. The molecule has 4 nitrogen and oxygen atoms in total. The average molecular weight is 464 g/mol. The van der Waals surface area contributed by atoms with Gasteiger partial charge in [-0.15, -0.1) is 0 Å². The van der Waals surface area contributed by atoms with E-state index >= 15 is 0 Å². The van der Waals surface area contributed by atoms with Gasteiger partial charge in [0.05, 0.1) is 13.7 Å². The van der Waals surface area contributed by atoms with E-state index < -0.39 is 8.07 Å². The molecule has 0 aliphatic rings. The monoisotopic (exact) mass is 463 g/mol. The highest BCUT2D eigenvalue weighted by molar-refractivity contribution is 9.10. The summed E-state index contributed by atoms with van der Waals surface area (Å²) in [6.07, 6.45) is 0.530. The fourth-order valence-corrected chi connectivity index (χ4v) is 3.84. The maximum absolute atomic E-state index is 12.7. The highest BCUT2D eigenvalue weighted by Gasteiger charge is 2.18. The van der Waals surface area contributed by atoms with Crippen LogP contribution in [0.25, 0.3) is 0 Å². The van der Waals surface area contributed by atoms with Gasteiger partial charge in [-0.1, -0.05) is 59.8 Å². The van der Waals surface area contributed by atoms with Crippen molar-refractivity contribution in [1.29, 1.82) is 0 Å². The molecule has 0 bridgehead atoms. The molecule has 1 amide bonds. The third-order valence-corrected chi connectivity index (χ3v) is 6.63. The summed E-state index contributed by atoms with van der Waals surface area (Å²) in [5, 5.41) is 0. The molecule has 0 unspecified atom stereocenters. The molecule has 2 rings (SSSR count). The van der Waals surface area contributed by atoms with Crippen LogP contribution in [-0.4, -0.2) is 39.3 Å². The van der Waals surface area contributed by atoms with Crippen LogP contribution in [-0.2, 0) is 17.7 Å². The molecule has 6 heteroatoms. The Balaban J connectivity index is 2.03. The zero-order chi connectivity index (χ0) is 20.6. The topological polar surface area (TPSA) is 38.8 Å². The molecule has 0 heterocycles. The van der Waals surface area contributed by atoms with Crippen molar-refractivity contribution in [3.05, 3.63) is 64.1 Å². The van der Waals surface area contributed by atoms with Gasteiger partial charge >= 0.3 is 6.09 Å². The lowest BCUT2D eigenvalue weighted by Gasteiger charge is -2.24. The first-order valence-electron chi connectivity index (χ1n) is 9.56. The molecule has 152 valence electrons. The number of carbonyl (C=O) groups is 1. The van der Waals surface area contributed by atoms with E-state index in [1.165, 1.54) is 5.56 Å². The maximum Gasteiger partial charge on any atom is 0.410 e. The quantitative estimate of drug-likeness (QED) is 0.429. The van der Waals surface area contributed by atoms with Gasteiger partial charge in [-0.3, -0.25) is 0 Å². The van der Waals surface area contributed by atoms with Crippen molar-refractivity contribution in [2.24, 2.45) is 0 Å². The molecule has 2 aromatic carbocycles. The molecule has 0 saturated carbocycles. The second-order valence-electron chi connectivity index (χ2n) is 8.07. The largest absolute Gasteiger partial charge is 0.497 e. The molecular formula is C22H30BrNO3Si. The van der Waals surface area contributed by atoms with Gasteiger partial charge in [-0.25, -0.2) is 4.79 Å². The van der Waals surface area contributed by atoms with Crippen molar-refractivity contribution in [3.63, 3.8) is 0 Å². The van der Waals surface area contributed by atoms with Gasteiger partial charge in [-0.2, -0.15) is 0 Å². The van der Waals surface area contributed by atoms with Crippen LogP contribution < -0.4 is 4.74 Å². The molecule has 28 heavy (non-hydrogen) atoms. The molecule has 0 aliphatic carbocycles. The van der Waals surface area contributed by atoms with Crippen LogP contribution in [0.4, 0.5) is 4.79 Å². The van der Waals surface area contributed by atoms with Crippen molar-refractivity contribution >= 4 is 30.1 Å². The first-order chi connectivity index (χ1) is 13.3. The van der Waals surface area contributed by atoms with Crippen LogP contribution in [0.5, 0.6) is 5.75 Å². The van der Waals surface area contributed by atoms with Crippen molar-refractivity contribution in [1.82, 2.24) is 4.90 Å². The molecule has 0 atom stereocenters. The summed E-state index contributed by atoms with van der Waals surface area (Å²) in [5.74, 6) is 0.808. The summed E-state index contributed by atoms with van der Waals surface area (Å²) >= 11 is 3.50. The Hall–Kier alpha value is -1.79. The number of benzene rings is 2. The van der Waals surface area contributed by atoms with E-state index in [1.54, 1.807) is 12.0 Å². The Morgan fingerprint density at radius 2 is 1.79 bits per heavy atom. The number of nitrogens with zero attached hydrogens (tertiary/aromatic N) is 1. The van der Waals surface area contributed by atoms with Crippen LogP contribution in [0.1, 0.15) is 11.1 Å². The third kappa shape index (κ3) is 8.06. The van der Waals surface area contributed by atoms with Gasteiger partial charge in [0.15, 0.2) is 0 Å². The Kier molecular flexibility index (Phi) is 8.57. The smallest absolute Gasteiger partial charge is 0.410 e. The average Bonchev–Trinajstić information content (AvgIpc) is 2.64. The predicted molar refractivity (Wildman–Crippen MR) is 121 cm³/mol. The van der Waals surface area contributed by atoms with E-state index in [4.69, 9.17) is 9.47 Å². The second-order valence-corrected chi connectivity index (χ2v) is 14.6. The predicted octanol–water partition coefficient (Wildman–Crippen LogP) is 5.98. The number of hydrogen-bond donors (Lipinski definition) is 0. The Morgan fingerprint density at radius 3 is 2.39 bits per heavy atom. The van der Waals surface area contributed by atoms with Crippen LogP contribution in [0, 0.1) is 0 Å². The van der Waals surface area contributed by atoms with Gasteiger partial charge in [-0.05, 0) is 47.9 Å². The zero-order valence-electron chi connectivity index (χ0n) is 17.2. The summed E-state index contributed by atoms with van der Waals surface area (Å²) < 4.78 is 11.9. The fourth-order valence-electron chi connectivity index (χ4n) is 2.68. The number of amides is 1. The van der Waals surface area contributed by atoms with E-state index in [0.717, 1.165) is 28.3 Å². The number of methoxy groups -OCH3 is 1. The van der Waals surface area contributed by atoms with E-state index in [9.17, 15) is 4.79 Å². The minimum atomic E-state index is -1.24. The molecule has 0 saturated heterocycles. The Labute approximate surface area is 178 Å². The normalized spacial score (nSPS) is 11.2. The first kappa shape index (κ1) is 22.5. The standard InChI is InChI=1S/C22H30BrNO3Si/c1-26-21-10-8-19(9-11-21)17-24(22(25)27-14-15-28(2,3)4)13-12-18-6-5-7-20(23)16-18/h5-11,16H,12-15,17H2,1-4H3. The molecule has 2 aromatic rings. The van der Waals surface area contributed by atoms with Gasteiger partial charge in [0.1, 0.15) is 5.75 Å². The van der Waals surface area contributed by atoms with Crippen LogP contribution in [0.3, 0.4) is 0 Å². The maximum atomic E-state index is 12.7. The van der Waals surface area contributed by atoms with E-state index in [-0.39, 0.29) is 6.09 Å². The third-order valence-electron chi connectivity index (χ3n) is 4.43. The Morgan fingerprint density at radius 1 is 1.07 bits per heavy atom. The number of ether oxygens (including phenoxy) is 2. The molecule has 0 aliphatic heterocycles. The van der Waals surface area contributed by atoms with Gasteiger partial charge in [0.25, 0.3) is 0 Å². The van der Waals surface area contributed by atoms with Crippen molar-refractivity contribution in [2.75, 3.05) is 20.3 Å². The SMILES string of the molecule is COc1ccc(CN(CCc2cccc(Br)c2)C(=O)OCC[Si](C)(C)C)cc1. The summed E-state index contributed by atoms with van der Waals surface area (Å²) in [6.45, 7) is 8.46. The van der Waals surface area contributed by atoms with E-state index in [1.807, 2.05) is 36.4 Å². The van der Waals surface area contributed by atoms with Gasteiger partial charge in [0, 0.05) is 25.6 Å². The zero-order valence-corrected chi connectivity index (χ0v) is 19.8. The van der Waals surface area contributed by atoms with Crippen LogP contribution in [0.15, 0.2) is 53.0 Å². The molecule has 0 spiro atoms. The molecule has 0 N–H and O–H groups in total. The fraction of sp³-hybridized carbons (Fsp3) is 0.409. The first-order valence-corrected chi connectivity index (χ1v) is 14.1.